The molecule has 2 rings (SSSR count). The van der Waals surface area contributed by atoms with E-state index in [0.717, 1.165) is 12.3 Å². The Balaban J connectivity index is 1.77. The van der Waals surface area contributed by atoms with E-state index in [2.05, 4.69) is 5.32 Å². The third-order valence-corrected chi connectivity index (χ3v) is 3.76. The minimum absolute atomic E-state index is 0.208. The second-order valence-electron chi connectivity index (χ2n) is 5.32. The quantitative estimate of drug-likeness (QED) is 0.787. The highest BCUT2D eigenvalue weighted by Crippen LogP contribution is 2.29. The average Bonchev–Trinajstić information content (AvgIpc) is 2.35. The van der Waals surface area contributed by atoms with Crippen molar-refractivity contribution in [3.05, 3.63) is 24.0 Å². The van der Waals surface area contributed by atoms with Crippen LogP contribution in [0.1, 0.15) is 32.6 Å². The lowest BCUT2D eigenvalue weighted by atomic mass is 9.83. The van der Waals surface area contributed by atoms with Gasteiger partial charge in [0.1, 0.15) is 11.9 Å². The molecule has 110 valence electrons. The van der Waals surface area contributed by atoms with Gasteiger partial charge in [0, 0.05) is 6.61 Å². The Labute approximate surface area is 118 Å². The number of benzene rings is 1. The first-order chi connectivity index (χ1) is 9.56. The van der Waals surface area contributed by atoms with Crippen LogP contribution in [-0.2, 0) is 9.53 Å². The van der Waals surface area contributed by atoms with Crippen LogP contribution < -0.4 is 11.1 Å². The van der Waals surface area contributed by atoms with Gasteiger partial charge in [-0.3, -0.25) is 4.79 Å². The summed E-state index contributed by atoms with van der Waals surface area (Å²) in [6.07, 6.45) is 4.33. The Morgan fingerprint density at radius 3 is 2.90 bits per heavy atom. The Morgan fingerprint density at radius 1 is 1.55 bits per heavy atom. The van der Waals surface area contributed by atoms with Crippen LogP contribution in [0.15, 0.2) is 18.2 Å². The molecule has 0 spiro atoms. The van der Waals surface area contributed by atoms with Crippen LogP contribution in [0, 0.1) is 11.7 Å². The standard InChI is InChI=1S/C15H21FN2O2/c1-10(20-8-7-11-3-2-4-11)15(19)18-14-6-5-12(16)9-13(14)17/h5-6,9-11H,2-4,7-8,17H2,1H3,(H,18,19). The highest BCUT2D eigenvalue weighted by atomic mass is 19.1. The molecular weight excluding hydrogens is 259 g/mol. The zero-order valence-corrected chi connectivity index (χ0v) is 11.7. The predicted octanol–water partition coefficient (Wildman–Crippen LogP) is 2.94. The third-order valence-electron chi connectivity index (χ3n) is 3.76. The minimum atomic E-state index is -0.542. The molecule has 1 aromatic carbocycles. The predicted molar refractivity (Wildman–Crippen MR) is 76.8 cm³/mol. The maximum Gasteiger partial charge on any atom is 0.253 e. The van der Waals surface area contributed by atoms with Gasteiger partial charge >= 0.3 is 0 Å². The first-order valence-electron chi connectivity index (χ1n) is 7.03. The number of halogens is 1. The summed E-state index contributed by atoms with van der Waals surface area (Å²) in [5.74, 6) is 0.0696. The molecule has 0 heterocycles. The van der Waals surface area contributed by atoms with Crippen LogP contribution in [0.2, 0.25) is 0 Å². The number of nitrogens with one attached hydrogen (secondary N) is 1. The van der Waals surface area contributed by atoms with Crippen LogP contribution in [0.25, 0.3) is 0 Å². The maximum atomic E-state index is 12.9. The number of nitrogen functional groups attached to an aromatic ring is 1. The van der Waals surface area contributed by atoms with Crippen LogP contribution >= 0.6 is 0 Å². The third kappa shape index (κ3) is 3.93. The molecule has 0 radical (unpaired) electrons. The van der Waals surface area contributed by atoms with Crippen molar-refractivity contribution < 1.29 is 13.9 Å². The van der Waals surface area contributed by atoms with E-state index in [9.17, 15) is 9.18 Å². The summed E-state index contributed by atoms with van der Waals surface area (Å²) in [5, 5.41) is 2.65. The Morgan fingerprint density at radius 2 is 2.30 bits per heavy atom. The molecule has 4 nitrogen and oxygen atoms in total. The van der Waals surface area contributed by atoms with Crippen molar-refractivity contribution in [2.75, 3.05) is 17.7 Å². The summed E-state index contributed by atoms with van der Waals surface area (Å²) < 4.78 is 18.4. The fourth-order valence-electron chi connectivity index (χ4n) is 2.15. The van der Waals surface area contributed by atoms with Gasteiger partial charge in [-0.05, 0) is 37.5 Å². The molecule has 1 unspecified atom stereocenters. The van der Waals surface area contributed by atoms with E-state index in [1.54, 1.807) is 6.92 Å². The highest BCUT2D eigenvalue weighted by Gasteiger charge is 2.19. The van der Waals surface area contributed by atoms with E-state index in [-0.39, 0.29) is 11.6 Å². The molecule has 0 aromatic heterocycles. The summed E-state index contributed by atoms with van der Waals surface area (Å²) in [5.41, 5.74) is 6.26. The van der Waals surface area contributed by atoms with Gasteiger partial charge < -0.3 is 15.8 Å². The van der Waals surface area contributed by atoms with Gasteiger partial charge in [0.25, 0.3) is 5.91 Å². The van der Waals surface area contributed by atoms with Gasteiger partial charge in [0.15, 0.2) is 0 Å². The Kier molecular flexibility index (Phi) is 4.95. The summed E-state index contributed by atoms with van der Waals surface area (Å²) in [6.45, 7) is 2.30. The number of nitrogens with two attached hydrogens (primary N) is 1. The topological polar surface area (TPSA) is 64.3 Å². The number of anilines is 2. The zero-order valence-electron chi connectivity index (χ0n) is 11.7. The molecule has 1 aromatic rings. The van der Waals surface area contributed by atoms with E-state index in [0.29, 0.717) is 12.3 Å². The van der Waals surface area contributed by atoms with Gasteiger partial charge in [0.2, 0.25) is 0 Å². The van der Waals surface area contributed by atoms with Gasteiger partial charge in [-0.2, -0.15) is 0 Å². The van der Waals surface area contributed by atoms with Crippen LogP contribution in [0.3, 0.4) is 0 Å². The van der Waals surface area contributed by atoms with Crippen molar-refractivity contribution in [2.45, 2.75) is 38.7 Å². The molecular formula is C15H21FN2O2. The van der Waals surface area contributed by atoms with Crippen molar-refractivity contribution in [2.24, 2.45) is 5.92 Å². The van der Waals surface area contributed by atoms with Gasteiger partial charge in [-0.15, -0.1) is 0 Å². The molecule has 3 N–H and O–H groups in total. The molecule has 1 aliphatic rings. The summed E-state index contributed by atoms with van der Waals surface area (Å²) in [6, 6.07) is 3.88. The van der Waals surface area contributed by atoms with E-state index < -0.39 is 11.9 Å². The number of hydrogen-bond acceptors (Lipinski definition) is 3. The summed E-state index contributed by atoms with van der Waals surface area (Å²) in [4.78, 5) is 11.9. The zero-order chi connectivity index (χ0) is 14.5. The molecule has 20 heavy (non-hydrogen) atoms. The van der Waals surface area contributed by atoms with Crippen molar-refractivity contribution in [1.82, 2.24) is 0 Å². The van der Waals surface area contributed by atoms with E-state index >= 15 is 0 Å². The highest BCUT2D eigenvalue weighted by molar-refractivity contribution is 5.96. The first-order valence-corrected chi connectivity index (χ1v) is 7.03. The van der Waals surface area contributed by atoms with Crippen LogP contribution in [-0.4, -0.2) is 18.6 Å². The molecule has 1 aliphatic carbocycles. The summed E-state index contributed by atoms with van der Waals surface area (Å²) in [7, 11) is 0. The minimum Gasteiger partial charge on any atom is -0.397 e. The van der Waals surface area contributed by atoms with Gasteiger partial charge in [-0.1, -0.05) is 19.3 Å². The van der Waals surface area contributed by atoms with E-state index in [4.69, 9.17) is 10.5 Å². The fourth-order valence-corrected chi connectivity index (χ4v) is 2.15. The van der Waals surface area contributed by atoms with Gasteiger partial charge in [-0.25, -0.2) is 4.39 Å². The second-order valence-corrected chi connectivity index (χ2v) is 5.32. The number of rotatable bonds is 6. The lowest BCUT2D eigenvalue weighted by Gasteiger charge is -2.25. The number of hydrogen-bond donors (Lipinski definition) is 2. The number of carbonyl (C=O) groups excluding carboxylic acids is 1. The number of carbonyl (C=O) groups is 1. The number of ether oxygens (including phenoxy) is 1. The van der Waals surface area contributed by atoms with E-state index in [1.807, 2.05) is 0 Å². The van der Waals surface area contributed by atoms with Gasteiger partial charge in [0.05, 0.1) is 11.4 Å². The van der Waals surface area contributed by atoms with Crippen molar-refractivity contribution in [3.8, 4) is 0 Å². The maximum absolute atomic E-state index is 12.9. The van der Waals surface area contributed by atoms with Crippen molar-refractivity contribution in [3.63, 3.8) is 0 Å². The molecule has 1 amide bonds. The van der Waals surface area contributed by atoms with Crippen molar-refractivity contribution in [1.29, 1.82) is 0 Å². The average molecular weight is 280 g/mol. The van der Waals surface area contributed by atoms with Crippen LogP contribution in [0.4, 0.5) is 15.8 Å². The molecule has 1 atom stereocenters. The lowest BCUT2D eigenvalue weighted by molar-refractivity contribution is -0.126. The van der Waals surface area contributed by atoms with Crippen LogP contribution in [0.5, 0.6) is 0 Å². The van der Waals surface area contributed by atoms with E-state index in [1.165, 1.54) is 37.5 Å². The number of amides is 1. The second kappa shape index (κ2) is 6.70. The van der Waals surface area contributed by atoms with Crippen molar-refractivity contribution >= 4 is 17.3 Å². The Bertz CT molecular complexity index is 475. The largest absolute Gasteiger partial charge is 0.397 e. The molecule has 0 saturated heterocycles. The normalized spacial score (nSPS) is 16.5. The molecule has 1 saturated carbocycles. The lowest BCUT2D eigenvalue weighted by Crippen LogP contribution is -2.29. The monoisotopic (exact) mass is 280 g/mol. The molecule has 5 heteroatoms. The fraction of sp³-hybridized carbons (Fsp3) is 0.533. The molecule has 1 fully saturated rings. The summed E-state index contributed by atoms with van der Waals surface area (Å²) >= 11 is 0. The molecule has 0 bridgehead atoms. The Hall–Kier alpha value is -1.62. The molecule has 0 aliphatic heterocycles. The SMILES string of the molecule is CC(OCCC1CCC1)C(=O)Nc1ccc(F)cc1N. The smallest absolute Gasteiger partial charge is 0.253 e. The first kappa shape index (κ1) is 14.8.